The molecule has 0 spiro atoms. The van der Waals surface area contributed by atoms with E-state index in [1.807, 2.05) is 0 Å². The van der Waals surface area contributed by atoms with Crippen molar-refractivity contribution in [2.24, 2.45) is 17.8 Å². The maximum absolute atomic E-state index is 11.5. The minimum absolute atomic E-state index is 0.146. The topological polar surface area (TPSA) is 49.3 Å². The van der Waals surface area contributed by atoms with E-state index in [4.69, 9.17) is 5.11 Å². The number of hydrogen-bond acceptors (Lipinski definition) is 2. The monoisotopic (exact) mass is 183 g/mol. The SMILES string of the molecule is CC(O)CNC(=O)C1CC2CC2C1. The van der Waals surface area contributed by atoms with Gasteiger partial charge in [-0.3, -0.25) is 4.79 Å². The van der Waals surface area contributed by atoms with Crippen LogP contribution in [0.15, 0.2) is 0 Å². The average molecular weight is 183 g/mol. The molecule has 3 unspecified atom stereocenters. The first-order valence-corrected chi connectivity index (χ1v) is 5.12. The van der Waals surface area contributed by atoms with Crippen LogP contribution in [0, 0.1) is 17.8 Å². The summed E-state index contributed by atoms with van der Waals surface area (Å²) in [5.41, 5.74) is 0. The Morgan fingerprint density at radius 2 is 2.08 bits per heavy atom. The van der Waals surface area contributed by atoms with Gasteiger partial charge in [0.15, 0.2) is 0 Å². The van der Waals surface area contributed by atoms with E-state index in [9.17, 15) is 4.79 Å². The highest BCUT2D eigenvalue weighted by atomic mass is 16.3. The van der Waals surface area contributed by atoms with Crippen molar-refractivity contribution in [2.75, 3.05) is 6.54 Å². The van der Waals surface area contributed by atoms with Crippen LogP contribution in [-0.2, 0) is 4.79 Å². The number of amides is 1. The summed E-state index contributed by atoms with van der Waals surface area (Å²) in [5, 5.41) is 11.8. The summed E-state index contributed by atoms with van der Waals surface area (Å²) in [4.78, 5) is 11.5. The van der Waals surface area contributed by atoms with Crippen molar-refractivity contribution in [1.29, 1.82) is 0 Å². The first kappa shape index (κ1) is 9.00. The first-order chi connectivity index (χ1) is 6.16. The Hall–Kier alpha value is -0.570. The van der Waals surface area contributed by atoms with Gasteiger partial charge in [-0.25, -0.2) is 0 Å². The van der Waals surface area contributed by atoms with Crippen LogP contribution in [0.3, 0.4) is 0 Å². The fourth-order valence-corrected chi connectivity index (χ4v) is 2.32. The molecule has 13 heavy (non-hydrogen) atoms. The summed E-state index contributed by atoms with van der Waals surface area (Å²) < 4.78 is 0. The van der Waals surface area contributed by atoms with Gasteiger partial charge in [0, 0.05) is 12.5 Å². The molecule has 0 aromatic rings. The average Bonchev–Trinajstić information content (AvgIpc) is 2.69. The van der Waals surface area contributed by atoms with Gasteiger partial charge >= 0.3 is 0 Å². The molecule has 2 rings (SSSR count). The molecule has 0 radical (unpaired) electrons. The van der Waals surface area contributed by atoms with Crippen molar-refractivity contribution < 1.29 is 9.90 Å². The molecule has 0 aromatic carbocycles. The number of rotatable bonds is 3. The fourth-order valence-electron chi connectivity index (χ4n) is 2.32. The van der Waals surface area contributed by atoms with E-state index in [0.717, 1.165) is 24.7 Å². The summed E-state index contributed by atoms with van der Waals surface area (Å²) in [5.74, 6) is 2.08. The molecule has 2 fully saturated rings. The van der Waals surface area contributed by atoms with Crippen LogP contribution < -0.4 is 5.32 Å². The quantitative estimate of drug-likeness (QED) is 0.670. The molecule has 1 amide bonds. The van der Waals surface area contributed by atoms with Crippen molar-refractivity contribution in [3.8, 4) is 0 Å². The van der Waals surface area contributed by atoms with Gasteiger partial charge in [0.2, 0.25) is 5.91 Å². The Kier molecular flexibility index (Phi) is 2.28. The molecular weight excluding hydrogens is 166 g/mol. The number of hydrogen-bond donors (Lipinski definition) is 2. The van der Waals surface area contributed by atoms with E-state index in [1.165, 1.54) is 6.42 Å². The number of carbonyl (C=O) groups is 1. The van der Waals surface area contributed by atoms with Crippen LogP contribution in [0.2, 0.25) is 0 Å². The molecule has 0 heterocycles. The highest BCUT2D eigenvalue weighted by Gasteiger charge is 2.47. The molecule has 0 aromatic heterocycles. The fraction of sp³-hybridized carbons (Fsp3) is 0.900. The maximum Gasteiger partial charge on any atom is 0.223 e. The van der Waals surface area contributed by atoms with Gasteiger partial charge in [-0.2, -0.15) is 0 Å². The van der Waals surface area contributed by atoms with Crippen LogP contribution in [0.25, 0.3) is 0 Å². The second kappa shape index (κ2) is 3.29. The second-order valence-corrected chi connectivity index (χ2v) is 4.52. The molecule has 2 saturated carbocycles. The summed E-state index contributed by atoms with van der Waals surface area (Å²) in [6.45, 7) is 2.08. The van der Waals surface area contributed by atoms with E-state index >= 15 is 0 Å². The maximum atomic E-state index is 11.5. The lowest BCUT2D eigenvalue weighted by molar-refractivity contribution is -0.125. The minimum atomic E-state index is -0.431. The second-order valence-electron chi connectivity index (χ2n) is 4.52. The zero-order chi connectivity index (χ0) is 9.42. The number of fused-ring (bicyclic) bond motifs is 1. The van der Waals surface area contributed by atoms with E-state index in [-0.39, 0.29) is 11.8 Å². The summed E-state index contributed by atoms with van der Waals surface area (Å²) in [6, 6.07) is 0. The standard InChI is InChI=1S/C10H17NO2/c1-6(12)5-11-10(13)9-3-7-2-8(7)4-9/h6-9,12H,2-5H2,1H3,(H,11,13). The van der Waals surface area contributed by atoms with E-state index < -0.39 is 6.10 Å². The van der Waals surface area contributed by atoms with Crippen molar-refractivity contribution in [3.05, 3.63) is 0 Å². The molecule has 2 N–H and O–H groups in total. The number of aliphatic hydroxyl groups is 1. The van der Waals surface area contributed by atoms with Gasteiger partial charge in [-0.15, -0.1) is 0 Å². The minimum Gasteiger partial charge on any atom is -0.392 e. The van der Waals surface area contributed by atoms with Gasteiger partial charge in [-0.1, -0.05) is 0 Å². The van der Waals surface area contributed by atoms with Crippen molar-refractivity contribution >= 4 is 5.91 Å². The Morgan fingerprint density at radius 3 is 2.62 bits per heavy atom. The molecule has 2 aliphatic rings. The molecule has 0 bridgehead atoms. The predicted octanol–water partition coefficient (Wildman–Crippen LogP) is 0.529. The molecule has 0 saturated heterocycles. The molecule has 2 aliphatic carbocycles. The summed E-state index contributed by atoms with van der Waals surface area (Å²) in [7, 11) is 0. The Labute approximate surface area is 78.5 Å². The Bertz CT molecular complexity index is 205. The smallest absolute Gasteiger partial charge is 0.223 e. The van der Waals surface area contributed by atoms with Crippen molar-refractivity contribution in [1.82, 2.24) is 5.32 Å². The lowest BCUT2D eigenvalue weighted by Crippen LogP contribution is -2.34. The third-order valence-electron chi connectivity index (χ3n) is 3.19. The number of nitrogens with one attached hydrogen (secondary N) is 1. The van der Waals surface area contributed by atoms with Crippen molar-refractivity contribution in [2.45, 2.75) is 32.3 Å². The largest absolute Gasteiger partial charge is 0.392 e. The molecule has 0 aliphatic heterocycles. The van der Waals surface area contributed by atoms with E-state index in [2.05, 4.69) is 5.32 Å². The van der Waals surface area contributed by atoms with E-state index in [0.29, 0.717) is 6.54 Å². The van der Waals surface area contributed by atoms with Gasteiger partial charge in [0.25, 0.3) is 0 Å². The molecule has 3 heteroatoms. The molecule has 3 nitrogen and oxygen atoms in total. The Morgan fingerprint density at radius 1 is 1.46 bits per heavy atom. The molecular formula is C10H17NO2. The third-order valence-corrected chi connectivity index (χ3v) is 3.19. The predicted molar refractivity (Wildman–Crippen MR) is 49.0 cm³/mol. The molecule has 3 atom stereocenters. The van der Waals surface area contributed by atoms with Crippen LogP contribution >= 0.6 is 0 Å². The van der Waals surface area contributed by atoms with E-state index in [1.54, 1.807) is 6.92 Å². The van der Waals surface area contributed by atoms with Gasteiger partial charge in [0.1, 0.15) is 0 Å². The van der Waals surface area contributed by atoms with Crippen LogP contribution in [0.4, 0.5) is 0 Å². The lowest BCUT2D eigenvalue weighted by atomic mass is 10.0. The lowest BCUT2D eigenvalue weighted by Gasteiger charge is -2.12. The number of carbonyl (C=O) groups excluding carboxylic acids is 1. The highest BCUT2D eigenvalue weighted by Crippen LogP contribution is 2.54. The number of aliphatic hydroxyl groups excluding tert-OH is 1. The van der Waals surface area contributed by atoms with Crippen LogP contribution in [0.5, 0.6) is 0 Å². The Balaban J connectivity index is 1.71. The van der Waals surface area contributed by atoms with Crippen molar-refractivity contribution in [3.63, 3.8) is 0 Å². The van der Waals surface area contributed by atoms with Gasteiger partial charge < -0.3 is 10.4 Å². The highest BCUT2D eigenvalue weighted by molar-refractivity contribution is 5.79. The summed E-state index contributed by atoms with van der Waals surface area (Å²) >= 11 is 0. The van der Waals surface area contributed by atoms with Gasteiger partial charge in [-0.05, 0) is 38.0 Å². The first-order valence-electron chi connectivity index (χ1n) is 5.12. The zero-order valence-corrected chi connectivity index (χ0v) is 7.99. The third kappa shape index (κ3) is 2.02. The zero-order valence-electron chi connectivity index (χ0n) is 7.99. The summed E-state index contributed by atoms with van der Waals surface area (Å²) in [6.07, 6.45) is 3.08. The van der Waals surface area contributed by atoms with Crippen LogP contribution in [0.1, 0.15) is 26.2 Å². The molecule has 74 valence electrons. The van der Waals surface area contributed by atoms with Crippen LogP contribution in [-0.4, -0.2) is 23.7 Å². The normalized spacial score (nSPS) is 38.2. The van der Waals surface area contributed by atoms with Gasteiger partial charge in [0.05, 0.1) is 6.10 Å².